The third-order valence-corrected chi connectivity index (χ3v) is 2.89. The van der Waals surface area contributed by atoms with Crippen LogP contribution in [0.4, 0.5) is 10.1 Å². The maximum Gasteiger partial charge on any atom is 0.255 e. The van der Waals surface area contributed by atoms with E-state index in [1.165, 1.54) is 24.3 Å². The van der Waals surface area contributed by atoms with Gasteiger partial charge in [0.1, 0.15) is 12.4 Å². The van der Waals surface area contributed by atoms with E-state index in [-0.39, 0.29) is 18.3 Å². The van der Waals surface area contributed by atoms with Gasteiger partial charge in [0.25, 0.3) is 5.91 Å². The molecule has 2 aromatic rings. The van der Waals surface area contributed by atoms with Crippen molar-refractivity contribution in [1.29, 1.82) is 0 Å². The maximum absolute atomic E-state index is 12.8. The highest BCUT2D eigenvalue weighted by Crippen LogP contribution is 2.13. The molecule has 2 N–H and O–H groups in total. The van der Waals surface area contributed by atoms with Crippen LogP contribution in [0.15, 0.2) is 42.5 Å². The zero-order valence-electron chi connectivity index (χ0n) is 11.5. The minimum Gasteiger partial charge on any atom is -0.384 e. The van der Waals surface area contributed by atoms with Gasteiger partial charge in [0.05, 0.1) is 0 Å². The van der Waals surface area contributed by atoms with Crippen molar-refractivity contribution in [3.05, 3.63) is 65.0 Å². The smallest absolute Gasteiger partial charge is 0.255 e. The predicted octanol–water partition coefficient (Wildman–Crippen LogP) is 2.73. The molecule has 0 bridgehead atoms. The van der Waals surface area contributed by atoms with Crippen molar-refractivity contribution in [3.8, 4) is 11.8 Å². The number of amides is 1. The number of aryl methyl sites for hydroxylation is 1. The average molecular weight is 283 g/mol. The molecule has 21 heavy (non-hydrogen) atoms. The number of benzene rings is 2. The number of carbonyl (C=O) groups excluding carboxylic acids is 1. The fraction of sp³-hybridized carbons (Fsp3) is 0.118. The van der Waals surface area contributed by atoms with Crippen LogP contribution in [0.5, 0.6) is 0 Å². The second kappa shape index (κ2) is 6.69. The molecule has 0 saturated heterocycles. The van der Waals surface area contributed by atoms with Crippen LogP contribution >= 0.6 is 0 Å². The molecule has 4 heteroatoms. The number of halogens is 1. The molecule has 0 aromatic heterocycles. The molecule has 0 radical (unpaired) electrons. The predicted molar refractivity (Wildman–Crippen MR) is 79.5 cm³/mol. The summed E-state index contributed by atoms with van der Waals surface area (Å²) in [6.07, 6.45) is 0. The zero-order valence-corrected chi connectivity index (χ0v) is 11.5. The van der Waals surface area contributed by atoms with Crippen LogP contribution in [-0.2, 0) is 0 Å². The Balaban J connectivity index is 2.16. The first-order chi connectivity index (χ1) is 10.1. The minimum absolute atomic E-state index is 0.202. The molecule has 1 amide bonds. The lowest BCUT2D eigenvalue weighted by Crippen LogP contribution is -2.12. The summed E-state index contributed by atoms with van der Waals surface area (Å²) < 4.78 is 12.8. The summed E-state index contributed by atoms with van der Waals surface area (Å²) in [5, 5.41) is 11.4. The van der Waals surface area contributed by atoms with Gasteiger partial charge in [-0.3, -0.25) is 4.79 Å². The van der Waals surface area contributed by atoms with Gasteiger partial charge in [-0.1, -0.05) is 11.8 Å². The minimum atomic E-state index is -0.351. The van der Waals surface area contributed by atoms with E-state index >= 15 is 0 Å². The van der Waals surface area contributed by atoms with Crippen LogP contribution in [0, 0.1) is 24.6 Å². The first-order valence-electron chi connectivity index (χ1n) is 6.37. The Morgan fingerprint density at radius 2 is 1.95 bits per heavy atom. The zero-order chi connectivity index (χ0) is 15.2. The maximum atomic E-state index is 12.8. The highest BCUT2D eigenvalue weighted by Gasteiger charge is 2.07. The van der Waals surface area contributed by atoms with Crippen LogP contribution in [0.25, 0.3) is 0 Å². The van der Waals surface area contributed by atoms with E-state index in [1.54, 1.807) is 18.2 Å². The summed E-state index contributed by atoms with van der Waals surface area (Å²) in [6, 6.07) is 10.7. The van der Waals surface area contributed by atoms with Crippen LogP contribution in [0.3, 0.4) is 0 Å². The Labute approximate surface area is 122 Å². The number of rotatable bonds is 2. The normalized spacial score (nSPS) is 9.67. The number of carbonyl (C=O) groups is 1. The molecule has 0 spiro atoms. The Hall–Kier alpha value is -2.64. The quantitative estimate of drug-likeness (QED) is 0.833. The van der Waals surface area contributed by atoms with Gasteiger partial charge < -0.3 is 10.4 Å². The highest BCUT2D eigenvalue weighted by atomic mass is 19.1. The largest absolute Gasteiger partial charge is 0.384 e. The Kier molecular flexibility index (Phi) is 4.70. The fourth-order valence-electron chi connectivity index (χ4n) is 1.82. The van der Waals surface area contributed by atoms with Crippen LogP contribution in [-0.4, -0.2) is 17.6 Å². The summed E-state index contributed by atoms with van der Waals surface area (Å²) >= 11 is 0. The first kappa shape index (κ1) is 14.8. The SMILES string of the molecule is Cc1cc(C(=O)Nc2ccc(F)cc2)ccc1C#CCO. The molecule has 2 aromatic carbocycles. The summed E-state index contributed by atoms with van der Waals surface area (Å²) in [5.74, 6) is 4.76. The van der Waals surface area contributed by atoms with Gasteiger partial charge >= 0.3 is 0 Å². The van der Waals surface area contributed by atoms with Crippen LogP contribution in [0.1, 0.15) is 21.5 Å². The number of nitrogens with one attached hydrogen (secondary N) is 1. The summed E-state index contributed by atoms with van der Waals surface area (Å²) in [5.41, 5.74) is 2.64. The van der Waals surface area contributed by atoms with Gasteiger partial charge in [0.15, 0.2) is 0 Å². The van der Waals surface area contributed by atoms with E-state index in [0.29, 0.717) is 11.3 Å². The molecule has 2 rings (SSSR count). The van der Waals surface area contributed by atoms with Gasteiger partial charge in [-0.05, 0) is 55.0 Å². The van der Waals surface area contributed by atoms with Gasteiger partial charge in [-0.15, -0.1) is 0 Å². The van der Waals surface area contributed by atoms with Crippen LogP contribution < -0.4 is 5.32 Å². The van der Waals surface area contributed by atoms with Crippen molar-refractivity contribution >= 4 is 11.6 Å². The van der Waals surface area contributed by atoms with E-state index < -0.39 is 0 Å². The van der Waals surface area contributed by atoms with Crippen LogP contribution in [0.2, 0.25) is 0 Å². The first-order valence-corrected chi connectivity index (χ1v) is 6.37. The number of hydrogen-bond donors (Lipinski definition) is 2. The molecule has 0 atom stereocenters. The van der Waals surface area contributed by atoms with E-state index in [0.717, 1.165) is 11.1 Å². The van der Waals surface area contributed by atoms with Crippen molar-refractivity contribution in [2.24, 2.45) is 0 Å². The van der Waals surface area contributed by atoms with Crippen molar-refractivity contribution in [3.63, 3.8) is 0 Å². The Morgan fingerprint density at radius 3 is 2.57 bits per heavy atom. The molecule has 0 fully saturated rings. The molecule has 0 aliphatic rings. The molecular weight excluding hydrogens is 269 g/mol. The van der Waals surface area contributed by atoms with Gasteiger partial charge in [0.2, 0.25) is 0 Å². The van der Waals surface area contributed by atoms with Crippen molar-refractivity contribution in [2.45, 2.75) is 6.92 Å². The number of hydrogen-bond acceptors (Lipinski definition) is 2. The summed E-state index contributed by atoms with van der Waals surface area (Å²) in [6.45, 7) is 1.64. The third kappa shape index (κ3) is 3.91. The molecule has 0 aliphatic carbocycles. The molecular formula is C17H14FNO2. The van der Waals surface area contributed by atoms with E-state index in [4.69, 9.17) is 5.11 Å². The van der Waals surface area contributed by atoms with Crippen molar-refractivity contribution < 1.29 is 14.3 Å². The monoisotopic (exact) mass is 283 g/mol. The second-order valence-corrected chi connectivity index (χ2v) is 4.45. The molecule has 0 saturated carbocycles. The molecule has 3 nitrogen and oxygen atoms in total. The molecule has 0 heterocycles. The number of aliphatic hydroxyl groups is 1. The Morgan fingerprint density at radius 1 is 1.24 bits per heavy atom. The van der Waals surface area contributed by atoms with Gasteiger partial charge in [0, 0.05) is 16.8 Å². The Bertz CT molecular complexity index is 712. The topological polar surface area (TPSA) is 49.3 Å². The third-order valence-electron chi connectivity index (χ3n) is 2.89. The average Bonchev–Trinajstić information content (AvgIpc) is 2.48. The number of aliphatic hydroxyl groups excluding tert-OH is 1. The molecule has 106 valence electrons. The second-order valence-electron chi connectivity index (χ2n) is 4.45. The van der Waals surface area contributed by atoms with E-state index in [9.17, 15) is 9.18 Å². The fourth-order valence-corrected chi connectivity index (χ4v) is 1.82. The number of anilines is 1. The van der Waals surface area contributed by atoms with Gasteiger partial charge in [-0.25, -0.2) is 4.39 Å². The van der Waals surface area contributed by atoms with Crippen molar-refractivity contribution in [2.75, 3.05) is 11.9 Å². The standard InChI is InChI=1S/C17H14FNO2/c1-12-11-14(5-4-13(12)3-2-10-20)17(21)19-16-8-6-15(18)7-9-16/h4-9,11,20H,10H2,1H3,(H,19,21). The van der Waals surface area contributed by atoms with Crippen molar-refractivity contribution in [1.82, 2.24) is 0 Å². The van der Waals surface area contributed by atoms with E-state index in [1.807, 2.05) is 6.92 Å². The summed E-state index contributed by atoms with van der Waals surface area (Å²) in [7, 11) is 0. The lowest BCUT2D eigenvalue weighted by Gasteiger charge is -2.07. The summed E-state index contributed by atoms with van der Waals surface area (Å²) in [4.78, 5) is 12.1. The lowest BCUT2D eigenvalue weighted by atomic mass is 10.0. The van der Waals surface area contributed by atoms with E-state index in [2.05, 4.69) is 17.2 Å². The molecule has 0 aliphatic heterocycles. The van der Waals surface area contributed by atoms with Gasteiger partial charge in [-0.2, -0.15) is 0 Å². The highest BCUT2D eigenvalue weighted by molar-refractivity contribution is 6.04. The molecule has 0 unspecified atom stereocenters. The lowest BCUT2D eigenvalue weighted by molar-refractivity contribution is 0.102.